The van der Waals surface area contributed by atoms with Gasteiger partial charge in [-0.3, -0.25) is 0 Å². The van der Waals surface area contributed by atoms with Crippen LogP contribution in [0.25, 0.3) is 28.3 Å². The SMILES string of the molecule is COc1ccc(-c2cc(-c3ccccc3)nc3nnnn23)cc1. The van der Waals surface area contributed by atoms with Crippen LogP contribution in [-0.4, -0.2) is 32.1 Å². The number of ether oxygens (including phenoxy) is 1. The minimum absolute atomic E-state index is 0.470. The van der Waals surface area contributed by atoms with E-state index in [0.717, 1.165) is 28.3 Å². The van der Waals surface area contributed by atoms with Crippen molar-refractivity contribution in [3.63, 3.8) is 0 Å². The number of nitrogens with zero attached hydrogens (tertiary/aromatic N) is 5. The number of aromatic nitrogens is 5. The van der Waals surface area contributed by atoms with E-state index >= 15 is 0 Å². The van der Waals surface area contributed by atoms with Crippen molar-refractivity contribution in [3.8, 4) is 28.3 Å². The van der Waals surface area contributed by atoms with E-state index in [4.69, 9.17) is 4.74 Å². The summed E-state index contributed by atoms with van der Waals surface area (Å²) in [4.78, 5) is 4.53. The van der Waals surface area contributed by atoms with Crippen LogP contribution in [-0.2, 0) is 0 Å². The fraction of sp³-hybridized carbons (Fsp3) is 0.0588. The number of methoxy groups -OCH3 is 1. The molecule has 0 N–H and O–H groups in total. The third-order valence-corrected chi connectivity index (χ3v) is 3.63. The first-order valence-corrected chi connectivity index (χ1v) is 7.14. The second-order valence-electron chi connectivity index (χ2n) is 5.01. The number of rotatable bonds is 3. The highest BCUT2D eigenvalue weighted by Crippen LogP contribution is 2.26. The van der Waals surface area contributed by atoms with Crippen molar-refractivity contribution >= 4 is 5.78 Å². The molecule has 0 saturated carbocycles. The number of fused-ring (bicyclic) bond motifs is 1. The van der Waals surface area contributed by atoms with Gasteiger partial charge in [0.15, 0.2) is 0 Å². The second-order valence-corrected chi connectivity index (χ2v) is 5.01. The van der Waals surface area contributed by atoms with Gasteiger partial charge in [-0.2, -0.15) is 4.52 Å². The zero-order chi connectivity index (χ0) is 15.6. The maximum Gasteiger partial charge on any atom is 0.274 e. The van der Waals surface area contributed by atoms with Gasteiger partial charge in [0, 0.05) is 11.1 Å². The van der Waals surface area contributed by atoms with Crippen LogP contribution in [0.4, 0.5) is 0 Å². The lowest BCUT2D eigenvalue weighted by atomic mass is 10.1. The van der Waals surface area contributed by atoms with Crippen molar-refractivity contribution < 1.29 is 4.74 Å². The van der Waals surface area contributed by atoms with Gasteiger partial charge in [0.1, 0.15) is 5.75 Å². The van der Waals surface area contributed by atoms with Crippen molar-refractivity contribution in [2.75, 3.05) is 7.11 Å². The lowest BCUT2D eigenvalue weighted by Gasteiger charge is -2.08. The van der Waals surface area contributed by atoms with Crippen LogP contribution in [0.15, 0.2) is 60.7 Å². The predicted molar refractivity (Wildman–Crippen MR) is 86.0 cm³/mol. The summed E-state index contributed by atoms with van der Waals surface area (Å²) in [7, 11) is 1.65. The maximum atomic E-state index is 5.21. The van der Waals surface area contributed by atoms with Crippen LogP contribution < -0.4 is 4.74 Å². The molecule has 4 rings (SSSR count). The molecule has 0 amide bonds. The lowest BCUT2D eigenvalue weighted by molar-refractivity contribution is 0.415. The van der Waals surface area contributed by atoms with Crippen molar-refractivity contribution in [3.05, 3.63) is 60.7 Å². The van der Waals surface area contributed by atoms with Gasteiger partial charge in [-0.25, -0.2) is 4.98 Å². The lowest BCUT2D eigenvalue weighted by Crippen LogP contribution is -1.99. The van der Waals surface area contributed by atoms with Gasteiger partial charge in [0.2, 0.25) is 0 Å². The van der Waals surface area contributed by atoms with E-state index in [0.29, 0.717) is 5.78 Å². The third kappa shape index (κ3) is 2.40. The molecule has 0 bridgehead atoms. The molecule has 0 aliphatic rings. The molecule has 6 nitrogen and oxygen atoms in total. The first-order chi connectivity index (χ1) is 11.3. The van der Waals surface area contributed by atoms with E-state index in [1.54, 1.807) is 11.6 Å². The highest BCUT2D eigenvalue weighted by Gasteiger charge is 2.11. The monoisotopic (exact) mass is 303 g/mol. The molecule has 0 radical (unpaired) electrons. The molecule has 2 aromatic heterocycles. The highest BCUT2D eigenvalue weighted by molar-refractivity contribution is 5.70. The molecule has 0 aliphatic heterocycles. The van der Waals surface area contributed by atoms with E-state index in [9.17, 15) is 0 Å². The summed E-state index contributed by atoms with van der Waals surface area (Å²) < 4.78 is 6.84. The fourth-order valence-electron chi connectivity index (χ4n) is 2.46. The summed E-state index contributed by atoms with van der Waals surface area (Å²) in [5, 5.41) is 11.8. The van der Waals surface area contributed by atoms with Crippen LogP contribution in [0, 0.1) is 0 Å². The van der Waals surface area contributed by atoms with E-state index in [1.807, 2.05) is 60.7 Å². The van der Waals surface area contributed by atoms with Crippen molar-refractivity contribution in [1.29, 1.82) is 0 Å². The molecular formula is C17H13N5O. The quantitative estimate of drug-likeness (QED) is 0.582. The second kappa shape index (κ2) is 5.49. The van der Waals surface area contributed by atoms with Gasteiger partial charge in [-0.15, -0.1) is 0 Å². The molecule has 0 saturated heterocycles. The molecule has 0 fully saturated rings. The molecule has 0 aliphatic carbocycles. The normalized spacial score (nSPS) is 10.8. The van der Waals surface area contributed by atoms with Crippen LogP contribution in [0.3, 0.4) is 0 Å². The Labute approximate surface area is 132 Å². The predicted octanol–water partition coefficient (Wildman–Crippen LogP) is 2.86. The standard InChI is InChI=1S/C17H13N5O/c1-23-14-9-7-13(8-10-14)16-11-15(12-5-3-2-4-6-12)18-17-19-20-21-22(16)17/h2-11H,1H3. The highest BCUT2D eigenvalue weighted by atomic mass is 16.5. The van der Waals surface area contributed by atoms with Gasteiger partial charge < -0.3 is 4.74 Å². The number of tetrazole rings is 1. The maximum absolute atomic E-state index is 5.21. The zero-order valence-electron chi connectivity index (χ0n) is 12.4. The molecule has 112 valence electrons. The molecule has 0 spiro atoms. The largest absolute Gasteiger partial charge is 0.497 e. The van der Waals surface area contributed by atoms with Gasteiger partial charge in [0.05, 0.1) is 18.5 Å². The molecule has 6 heteroatoms. The smallest absolute Gasteiger partial charge is 0.274 e. The minimum Gasteiger partial charge on any atom is -0.497 e. The summed E-state index contributed by atoms with van der Waals surface area (Å²) in [6, 6.07) is 19.7. The first kappa shape index (κ1) is 13.4. The van der Waals surface area contributed by atoms with E-state index < -0.39 is 0 Å². The van der Waals surface area contributed by atoms with Gasteiger partial charge in [-0.1, -0.05) is 35.4 Å². The number of benzene rings is 2. The molecule has 4 aromatic rings. The molecule has 0 unspecified atom stereocenters. The third-order valence-electron chi connectivity index (χ3n) is 3.63. The first-order valence-electron chi connectivity index (χ1n) is 7.14. The Hall–Kier alpha value is -3.28. The summed E-state index contributed by atoms with van der Waals surface area (Å²) >= 11 is 0. The Balaban J connectivity index is 1.92. The summed E-state index contributed by atoms with van der Waals surface area (Å²) in [6.45, 7) is 0. The summed E-state index contributed by atoms with van der Waals surface area (Å²) in [6.07, 6.45) is 0. The number of hydrogen-bond donors (Lipinski definition) is 0. The molecular weight excluding hydrogens is 290 g/mol. The van der Waals surface area contributed by atoms with E-state index in [-0.39, 0.29) is 0 Å². The topological polar surface area (TPSA) is 65.2 Å². The zero-order valence-corrected chi connectivity index (χ0v) is 12.4. The number of hydrogen-bond acceptors (Lipinski definition) is 5. The summed E-state index contributed by atoms with van der Waals surface area (Å²) in [5.74, 6) is 1.27. The summed E-state index contributed by atoms with van der Waals surface area (Å²) in [5.41, 5.74) is 3.72. The average molecular weight is 303 g/mol. The molecule has 23 heavy (non-hydrogen) atoms. The Kier molecular flexibility index (Phi) is 3.20. The van der Waals surface area contributed by atoms with E-state index in [2.05, 4.69) is 20.5 Å². The minimum atomic E-state index is 0.470. The van der Waals surface area contributed by atoms with Gasteiger partial charge in [-0.05, 0) is 40.8 Å². The van der Waals surface area contributed by atoms with Crippen LogP contribution in [0.2, 0.25) is 0 Å². The molecule has 0 atom stereocenters. The van der Waals surface area contributed by atoms with Crippen molar-refractivity contribution in [2.24, 2.45) is 0 Å². The Morgan fingerprint density at radius 3 is 2.43 bits per heavy atom. The molecule has 2 heterocycles. The fourth-order valence-corrected chi connectivity index (χ4v) is 2.46. The van der Waals surface area contributed by atoms with Crippen LogP contribution >= 0.6 is 0 Å². The van der Waals surface area contributed by atoms with Crippen LogP contribution in [0.5, 0.6) is 5.75 Å². The van der Waals surface area contributed by atoms with Gasteiger partial charge in [0.25, 0.3) is 5.78 Å². The van der Waals surface area contributed by atoms with Crippen molar-refractivity contribution in [1.82, 2.24) is 25.0 Å². The van der Waals surface area contributed by atoms with Crippen LogP contribution in [0.1, 0.15) is 0 Å². The Morgan fingerprint density at radius 2 is 1.70 bits per heavy atom. The van der Waals surface area contributed by atoms with E-state index in [1.165, 1.54) is 0 Å². The van der Waals surface area contributed by atoms with Gasteiger partial charge >= 0.3 is 0 Å². The van der Waals surface area contributed by atoms with Crippen molar-refractivity contribution in [2.45, 2.75) is 0 Å². The Morgan fingerprint density at radius 1 is 0.913 bits per heavy atom. The average Bonchev–Trinajstić information content (AvgIpc) is 3.10. The Bertz CT molecular complexity index is 948. The molecule has 2 aromatic carbocycles.